The van der Waals surface area contributed by atoms with Gasteiger partial charge in [-0.05, 0) is 45.5 Å². The van der Waals surface area contributed by atoms with Crippen LogP contribution in [0.15, 0.2) is 156 Å². The van der Waals surface area contributed by atoms with Crippen LogP contribution in [0.2, 0.25) is 0 Å². The first-order valence-corrected chi connectivity index (χ1v) is 15.5. The summed E-state index contributed by atoms with van der Waals surface area (Å²) < 4.78 is 9.02. The van der Waals surface area contributed by atoms with Crippen LogP contribution >= 0.6 is 0 Å². The van der Waals surface area contributed by atoms with E-state index < -0.39 is 0 Å². The summed E-state index contributed by atoms with van der Waals surface area (Å²) >= 11 is 0. The lowest BCUT2D eigenvalue weighted by Gasteiger charge is -2.10. The molecule has 0 aliphatic rings. The number of furan rings is 1. The maximum absolute atomic E-state index is 6.81. The molecule has 0 fully saturated rings. The Balaban J connectivity index is 1.38. The minimum absolute atomic E-state index is 0.616. The maximum Gasteiger partial charge on any atom is 0.236 e. The van der Waals surface area contributed by atoms with Crippen molar-refractivity contribution in [3.63, 3.8) is 0 Å². The van der Waals surface area contributed by atoms with Gasteiger partial charge in [0.2, 0.25) is 5.95 Å². The van der Waals surface area contributed by atoms with Crippen molar-refractivity contribution in [2.24, 2.45) is 0 Å². The zero-order chi connectivity index (χ0) is 30.2. The smallest absolute Gasteiger partial charge is 0.236 e. The van der Waals surface area contributed by atoms with Gasteiger partial charge < -0.3 is 4.42 Å². The molecule has 0 radical (unpaired) electrons. The Hall–Kier alpha value is -6.26. The highest BCUT2D eigenvalue weighted by Crippen LogP contribution is 2.43. The molecule has 7 aromatic carbocycles. The third-order valence-corrected chi connectivity index (χ3v) is 9.20. The highest BCUT2D eigenvalue weighted by atomic mass is 16.3. The van der Waals surface area contributed by atoms with Crippen molar-refractivity contribution in [3.05, 3.63) is 152 Å². The Morgan fingerprint density at radius 1 is 0.457 bits per heavy atom. The largest absolute Gasteiger partial charge is 0.451 e. The number of rotatable bonds is 3. The van der Waals surface area contributed by atoms with Gasteiger partial charge in [-0.3, -0.25) is 4.57 Å². The zero-order valence-corrected chi connectivity index (χ0v) is 24.7. The minimum atomic E-state index is 0.616. The predicted molar refractivity (Wildman–Crippen MR) is 190 cm³/mol. The highest BCUT2D eigenvalue weighted by molar-refractivity contribution is 6.22. The van der Waals surface area contributed by atoms with Gasteiger partial charge in [0.25, 0.3) is 0 Å². The lowest BCUT2D eigenvalue weighted by atomic mass is 9.96. The van der Waals surface area contributed by atoms with Gasteiger partial charge in [0, 0.05) is 27.1 Å². The molecule has 0 N–H and O–H groups in total. The Morgan fingerprint density at radius 3 is 1.91 bits per heavy atom. The molecule has 0 aliphatic carbocycles. The molecule has 4 nitrogen and oxygen atoms in total. The second-order valence-electron chi connectivity index (χ2n) is 11.8. The molecule has 0 bridgehead atoms. The van der Waals surface area contributed by atoms with E-state index in [1.54, 1.807) is 0 Å². The molecule has 0 saturated carbocycles. The highest BCUT2D eigenvalue weighted by Gasteiger charge is 2.23. The van der Waals surface area contributed by atoms with E-state index in [4.69, 9.17) is 14.4 Å². The number of fused-ring (bicyclic) bond motifs is 10. The molecule has 214 valence electrons. The number of nitrogens with zero attached hydrogens (tertiary/aromatic N) is 3. The van der Waals surface area contributed by atoms with Gasteiger partial charge in [0.1, 0.15) is 16.8 Å². The predicted octanol–water partition coefficient (Wildman–Crippen LogP) is 11.1. The van der Waals surface area contributed by atoms with Gasteiger partial charge in [-0.2, -0.15) is 0 Å². The summed E-state index contributed by atoms with van der Waals surface area (Å²) in [6, 6.07) is 53.0. The Labute approximate surface area is 263 Å². The van der Waals surface area contributed by atoms with Crippen LogP contribution in [0.1, 0.15) is 0 Å². The van der Waals surface area contributed by atoms with Crippen molar-refractivity contribution in [1.82, 2.24) is 14.5 Å². The molecule has 3 aromatic heterocycles. The molecule has 0 aliphatic heterocycles. The molecular weight excluding hydrogens is 562 g/mol. The zero-order valence-electron chi connectivity index (χ0n) is 24.7. The lowest BCUT2D eigenvalue weighted by molar-refractivity contribution is 0.670. The maximum atomic E-state index is 6.81. The number of benzene rings is 7. The molecule has 4 heteroatoms. The van der Waals surface area contributed by atoms with E-state index >= 15 is 0 Å². The summed E-state index contributed by atoms with van der Waals surface area (Å²) in [6.45, 7) is 0. The van der Waals surface area contributed by atoms with Gasteiger partial charge in [0.05, 0.1) is 11.0 Å². The van der Waals surface area contributed by atoms with Crippen LogP contribution in [0, 0.1) is 0 Å². The fourth-order valence-corrected chi connectivity index (χ4v) is 7.16. The Morgan fingerprint density at radius 2 is 1.11 bits per heavy atom. The van der Waals surface area contributed by atoms with E-state index in [0.717, 1.165) is 60.7 Å². The second kappa shape index (κ2) is 9.62. The lowest BCUT2D eigenvalue weighted by Crippen LogP contribution is -2.02. The van der Waals surface area contributed by atoms with Crippen molar-refractivity contribution >= 4 is 65.4 Å². The van der Waals surface area contributed by atoms with E-state index in [9.17, 15) is 0 Å². The van der Waals surface area contributed by atoms with Crippen LogP contribution in [-0.4, -0.2) is 14.5 Å². The summed E-state index contributed by atoms with van der Waals surface area (Å²) in [4.78, 5) is 10.7. The molecule has 0 atom stereocenters. The average molecular weight is 588 g/mol. The fourth-order valence-electron chi connectivity index (χ4n) is 7.16. The molecule has 46 heavy (non-hydrogen) atoms. The van der Waals surface area contributed by atoms with Crippen molar-refractivity contribution in [1.29, 1.82) is 0 Å². The van der Waals surface area contributed by atoms with E-state index in [2.05, 4.69) is 138 Å². The molecular formula is C42H25N3O. The summed E-state index contributed by atoms with van der Waals surface area (Å²) in [6.07, 6.45) is 0. The van der Waals surface area contributed by atoms with Crippen LogP contribution in [0.5, 0.6) is 0 Å². The number of hydrogen-bond donors (Lipinski definition) is 0. The normalized spacial score (nSPS) is 11.9. The minimum Gasteiger partial charge on any atom is -0.451 e. The molecule has 10 rings (SSSR count). The Bertz CT molecular complexity index is 2790. The third kappa shape index (κ3) is 3.55. The summed E-state index contributed by atoms with van der Waals surface area (Å²) in [5, 5.41) is 7.97. The SMILES string of the molecule is c1ccc(-c2cc3c4nc(-n5c6ccccc6c6c7ccccc7ccc65)nc(-c5ccccc5)c4oc3c3ccccc23)cc1. The summed E-state index contributed by atoms with van der Waals surface area (Å²) in [7, 11) is 0. The van der Waals surface area contributed by atoms with Gasteiger partial charge in [0.15, 0.2) is 5.58 Å². The van der Waals surface area contributed by atoms with Crippen LogP contribution in [-0.2, 0) is 0 Å². The Kier molecular flexibility index (Phi) is 5.25. The van der Waals surface area contributed by atoms with E-state index in [0.29, 0.717) is 11.5 Å². The van der Waals surface area contributed by atoms with Crippen molar-refractivity contribution in [2.75, 3.05) is 0 Å². The second-order valence-corrected chi connectivity index (χ2v) is 11.8. The molecule has 0 saturated heterocycles. The first-order chi connectivity index (χ1) is 22.8. The monoisotopic (exact) mass is 587 g/mol. The van der Waals surface area contributed by atoms with Crippen LogP contribution in [0.4, 0.5) is 0 Å². The van der Waals surface area contributed by atoms with Gasteiger partial charge >= 0.3 is 0 Å². The van der Waals surface area contributed by atoms with Gasteiger partial charge in [-0.15, -0.1) is 0 Å². The molecule has 0 unspecified atom stereocenters. The molecule has 0 spiro atoms. The van der Waals surface area contributed by atoms with E-state index in [1.807, 2.05) is 18.2 Å². The standard InChI is InChI=1S/C42H25N3O/c1-3-13-26(14-4-1)33-25-34-39-41(46-40(34)31-20-10-9-19-30(31)33)38(28-16-5-2-6-17-28)43-42(44-39)45-35-22-12-11-21-32(35)37-29-18-8-7-15-27(29)23-24-36(37)45/h1-25H. The third-order valence-electron chi connectivity index (χ3n) is 9.20. The number of para-hydroxylation sites is 1. The first kappa shape index (κ1) is 25.1. The van der Waals surface area contributed by atoms with Crippen molar-refractivity contribution < 1.29 is 4.42 Å². The van der Waals surface area contributed by atoms with Crippen molar-refractivity contribution in [3.8, 4) is 28.3 Å². The quantitative estimate of drug-likeness (QED) is 0.207. The van der Waals surface area contributed by atoms with E-state index in [1.165, 1.54) is 21.5 Å². The van der Waals surface area contributed by atoms with Gasteiger partial charge in [-0.1, -0.05) is 133 Å². The van der Waals surface area contributed by atoms with Gasteiger partial charge in [-0.25, -0.2) is 9.97 Å². The first-order valence-electron chi connectivity index (χ1n) is 15.5. The molecule has 3 heterocycles. The van der Waals surface area contributed by atoms with Crippen LogP contribution in [0.25, 0.3) is 93.8 Å². The molecule has 10 aromatic rings. The number of aromatic nitrogens is 3. The van der Waals surface area contributed by atoms with Crippen molar-refractivity contribution in [2.45, 2.75) is 0 Å². The van der Waals surface area contributed by atoms with Crippen LogP contribution < -0.4 is 0 Å². The van der Waals surface area contributed by atoms with E-state index in [-0.39, 0.29) is 0 Å². The summed E-state index contributed by atoms with van der Waals surface area (Å²) in [5.74, 6) is 0.616. The number of hydrogen-bond acceptors (Lipinski definition) is 3. The molecule has 0 amide bonds. The van der Waals surface area contributed by atoms with Crippen LogP contribution in [0.3, 0.4) is 0 Å². The summed E-state index contributed by atoms with van der Waals surface area (Å²) in [5.41, 5.74) is 8.50. The average Bonchev–Trinajstić information content (AvgIpc) is 3.68. The topological polar surface area (TPSA) is 43.9 Å². The fraction of sp³-hybridized carbons (Fsp3) is 0.